The molecule has 80 valence electrons. The third kappa shape index (κ3) is 2.70. The van der Waals surface area contributed by atoms with E-state index in [4.69, 9.17) is 9.47 Å². The average molecular weight is 207 g/mol. The molecule has 0 spiro atoms. The second kappa shape index (κ2) is 4.31. The number of methoxy groups -OCH3 is 1. The number of benzene rings is 1. The van der Waals surface area contributed by atoms with Crippen molar-refractivity contribution in [3.05, 3.63) is 29.8 Å². The summed E-state index contributed by atoms with van der Waals surface area (Å²) in [4.78, 5) is 11.6. The summed E-state index contributed by atoms with van der Waals surface area (Å²) >= 11 is 0. The average Bonchev–Trinajstić information content (AvgIpc) is 3.10. The van der Waals surface area contributed by atoms with E-state index in [9.17, 15) is 4.79 Å². The Labute approximate surface area is 88.2 Å². The standard InChI is InChI=1S/C11H13NO3/c1-14-9-4-2-3-8(5-9)11(13)12-6-10-7-15-10/h2-5,10H,6-7H2,1H3,(H,12,13)/t10-/m1/s1. The second-order valence-corrected chi connectivity index (χ2v) is 3.40. The molecule has 0 aromatic heterocycles. The van der Waals surface area contributed by atoms with Gasteiger partial charge in [-0.15, -0.1) is 0 Å². The van der Waals surface area contributed by atoms with Gasteiger partial charge in [0, 0.05) is 12.1 Å². The molecule has 0 radical (unpaired) electrons. The Morgan fingerprint density at radius 1 is 1.67 bits per heavy atom. The molecule has 1 aliphatic heterocycles. The summed E-state index contributed by atoms with van der Waals surface area (Å²) in [6, 6.07) is 7.07. The van der Waals surface area contributed by atoms with Crippen LogP contribution in [0.4, 0.5) is 0 Å². The highest BCUT2D eigenvalue weighted by atomic mass is 16.6. The van der Waals surface area contributed by atoms with Crippen LogP contribution in [0, 0.1) is 0 Å². The maximum Gasteiger partial charge on any atom is 0.251 e. The molecule has 0 bridgehead atoms. The zero-order valence-electron chi connectivity index (χ0n) is 8.53. The van der Waals surface area contributed by atoms with Gasteiger partial charge < -0.3 is 14.8 Å². The lowest BCUT2D eigenvalue weighted by atomic mass is 10.2. The molecule has 1 N–H and O–H groups in total. The van der Waals surface area contributed by atoms with Crippen molar-refractivity contribution in [2.45, 2.75) is 6.10 Å². The maximum absolute atomic E-state index is 11.6. The highest BCUT2D eigenvalue weighted by Crippen LogP contribution is 2.12. The predicted octanol–water partition coefficient (Wildman–Crippen LogP) is 0.824. The van der Waals surface area contributed by atoms with Gasteiger partial charge in [-0.25, -0.2) is 0 Å². The van der Waals surface area contributed by atoms with Crippen LogP contribution in [0.1, 0.15) is 10.4 Å². The fourth-order valence-corrected chi connectivity index (χ4v) is 1.26. The number of rotatable bonds is 4. The summed E-state index contributed by atoms with van der Waals surface area (Å²) in [7, 11) is 1.58. The summed E-state index contributed by atoms with van der Waals surface area (Å²) in [6.45, 7) is 1.33. The van der Waals surface area contributed by atoms with Crippen molar-refractivity contribution < 1.29 is 14.3 Å². The molecule has 0 saturated carbocycles. The Morgan fingerprint density at radius 2 is 2.47 bits per heavy atom. The molecule has 2 rings (SSSR count). The number of nitrogens with one attached hydrogen (secondary N) is 1. The second-order valence-electron chi connectivity index (χ2n) is 3.40. The van der Waals surface area contributed by atoms with Crippen LogP contribution < -0.4 is 10.1 Å². The number of carbonyl (C=O) groups excluding carboxylic acids is 1. The lowest BCUT2D eigenvalue weighted by Crippen LogP contribution is -2.27. The van der Waals surface area contributed by atoms with E-state index in [2.05, 4.69) is 5.32 Å². The van der Waals surface area contributed by atoms with Gasteiger partial charge in [-0.05, 0) is 18.2 Å². The zero-order chi connectivity index (χ0) is 10.7. The monoisotopic (exact) mass is 207 g/mol. The Hall–Kier alpha value is -1.55. The third-order valence-electron chi connectivity index (χ3n) is 2.22. The molecule has 4 heteroatoms. The van der Waals surface area contributed by atoms with Crippen LogP contribution in [-0.4, -0.2) is 32.3 Å². The topological polar surface area (TPSA) is 50.9 Å². The fourth-order valence-electron chi connectivity index (χ4n) is 1.26. The largest absolute Gasteiger partial charge is 0.497 e. The van der Waals surface area contributed by atoms with Gasteiger partial charge in [0.15, 0.2) is 0 Å². The van der Waals surface area contributed by atoms with Crippen LogP contribution in [0.2, 0.25) is 0 Å². The molecule has 1 aliphatic rings. The normalized spacial score (nSPS) is 18.3. The Balaban J connectivity index is 1.96. The molecule has 4 nitrogen and oxygen atoms in total. The summed E-state index contributed by atoms with van der Waals surface area (Å²) < 4.78 is 10.0. The molecular weight excluding hydrogens is 194 g/mol. The van der Waals surface area contributed by atoms with Crippen LogP contribution in [-0.2, 0) is 4.74 Å². The molecular formula is C11H13NO3. The SMILES string of the molecule is COc1cccc(C(=O)NC[C@@H]2CO2)c1. The highest BCUT2D eigenvalue weighted by Gasteiger charge is 2.22. The Bertz CT molecular complexity index is 361. The maximum atomic E-state index is 11.6. The van der Waals surface area contributed by atoms with Crippen molar-refractivity contribution >= 4 is 5.91 Å². The molecule has 0 unspecified atom stereocenters. The summed E-state index contributed by atoms with van der Waals surface area (Å²) in [5, 5.41) is 2.79. The number of hydrogen-bond donors (Lipinski definition) is 1. The number of carbonyl (C=O) groups is 1. The molecule has 1 amide bonds. The van der Waals surface area contributed by atoms with Gasteiger partial charge in [0.1, 0.15) is 5.75 Å². The van der Waals surface area contributed by atoms with Crippen LogP contribution in [0.15, 0.2) is 24.3 Å². The van der Waals surface area contributed by atoms with Gasteiger partial charge in [-0.2, -0.15) is 0 Å². The molecule has 0 aliphatic carbocycles. The predicted molar refractivity (Wildman–Crippen MR) is 55.1 cm³/mol. The van der Waals surface area contributed by atoms with Crippen LogP contribution >= 0.6 is 0 Å². The smallest absolute Gasteiger partial charge is 0.251 e. The highest BCUT2D eigenvalue weighted by molar-refractivity contribution is 5.94. The van der Waals surface area contributed by atoms with Crippen LogP contribution in [0.25, 0.3) is 0 Å². The van der Waals surface area contributed by atoms with Gasteiger partial charge in [0.05, 0.1) is 19.8 Å². The van der Waals surface area contributed by atoms with E-state index in [1.54, 1.807) is 31.4 Å². The number of amides is 1. The van der Waals surface area contributed by atoms with Gasteiger partial charge >= 0.3 is 0 Å². The first kappa shape index (κ1) is 9.98. The van der Waals surface area contributed by atoms with Gasteiger partial charge in [-0.3, -0.25) is 4.79 Å². The van der Waals surface area contributed by atoms with Crippen molar-refractivity contribution in [2.24, 2.45) is 0 Å². The summed E-state index contributed by atoms with van der Waals surface area (Å²) in [6.07, 6.45) is 0.208. The Kier molecular flexibility index (Phi) is 2.87. The van der Waals surface area contributed by atoms with E-state index in [1.165, 1.54) is 0 Å². The minimum Gasteiger partial charge on any atom is -0.497 e. The first-order valence-corrected chi connectivity index (χ1v) is 4.83. The molecule has 1 atom stereocenters. The Morgan fingerprint density at radius 3 is 3.13 bits per heavy atom. The summed E-state index contributed by atoms with van der Waals surface area (Å²) in [5.41, 5.74) is 0.606. The van der Waals surface area contributed by atoms with E-state index < -0.39 is 0 Å². The lowest BCUT2D eigenvalue weighted by Gasteiger charge is -2.04. The minimum absolute atomic E-state index is 0.0931. The molecule has 15 heavy (non-hydrogen) atoms. The zero-order valence-corrected chi connectivity index (χ0v) is 8.53. The molecule has 1 aromatic carbocycles. The van der Waals surface area contributed by atoms with Crippen LogP contribution in [0.5, 0.6) is 5.75 Å². The van der Waals surface area contributed by atoms with E-state index >= 15 is 0 Å². The third-order valence-corrected chi connectivity index (χ3v) is 2.22. The molecule has 1 fully saturated rings. The van der Waals surface area contributed by atoms with Gasteiger partial charge in [-0.1, -0.05) is 6.07 Å². The number of ether oxygens (including phenoxy) is 2. The van der Waals surface area contributed by atoms with Crippen molar-refractivity contribution in [3.8, 4) is 5.75 Å². The first-order chi connectivity index (χ1) is 7.29. The number of hydrogen-bond acceptors (Lipinski definition) is 3. The van der Waals surface area contributed by atoms with Crippen LogP contribution in [0.3, 0.4) is 0 Å². The van der Waals surface area contributed by atoms with E-state index in [0.29, 0.717) is 17.9 Å². The molecule has 1 aromatic rings. The first-order valence-electron chi connectivity index (χ1n) is 4.83. The number of epoxide rings is 1. The van der Waals surface area contributed by atoms with E-state index in [1.807, 2.05) is 0 Å². The lowest BCUT2D eigenvalue weighted by molar-refractivity contribution is 0.0950. The van der Waals surface area contributed by atoms with E-state index in [0.717, 1.165) is 6.61 Å². The van der Waals surface area contributed by atoms with Crippen molar-refractivity contribution in [2.75, 3.05) is 20.3 Å². The minimum atomic E-state index is -0.0931. The van der Waals surface area contributed by atoms with Crippen molar-refractivity contribution in [3.63, 3.8) is 0 Å². The molecule has 1 heterocycles. The fraction of sp³-hybridized carbons (Fsp3) is 0.364. The van der Waals surface area contributed by atoms with Gasteiger partial charge in [0.2, 0.25) is 0 Å². The van der Waals surface area contributed by atoms with Crippen molar-refractivity contribution in [1.29, 1.82) is 0 Å². The quantitative estimate of drug-likeness (QED) is 0.744. The van der Waals surface area contributed by atoms with E-state index in [-0.39, 0.29) is 12.0 Å². The van der Waals surface area contributed by atoms with Gasteiger partial charge in [0.25, 0.3) is 5.91 Å². The van der Waals surface area contributed by atoms with Crippen molar-refractivity contribution in [1.82, 2.24) is 5.32 Å². The molecule has 1 saturated heterocycles. The summed E-state index contributed by atoms with van der Waals surface area (Å²) in [5.74, 6) is 0.592.